The maximum Gasteiger partial charge on any atom is 0.340 e. The number of carbonyl (C=O) groups is 4. The number of pyridine rings is 1. The molecule has 0 radical (unpaired) electrons. The monoisotopic (exact) mass is 508 g/mol. The van der Waals surface area contributed by atoms with E-state index in [1.807, 2.05) is 43.3 Å². The number of aliphatic carboxylic acids is 1. The highest BCUT2D eigenvalue weighted by Gasteiger charge is 2.36. The first-order valence-corrected chi connectivity index (χ1v) is 12.0. The number of ether oxygens (including phenoxy) is 1. The highest BCUT2D eigenvalue weighted by atomic mass is 16.5. The van der Waals surface area contributed by atoms with E-state index in [0.717, 1.165) is 21.9 Å². The Morgan fingerprint density at radius 1 is 0.895 bits per heavy atom. The van der Waals surface area contributed by atoms with E-state index in [-0.39, 0.29) is 24.2 Å². The smallest absolute Gasteiger partial charge is 0.340 e. The molecule has 5 rings (SSSR count). The van der Waals surface area contributed by atoms with Gasteiger partial charge in [-0.25, -0.2) is 4.79 Å². The van der Waals surface area contributed by atoms with E-state index in [9.17, 15) is 19.2 Å². The highest BCUT2D eigenvalue weighted by Crippen LogP contribution is 2.45. The number of nitrogens with zero attached hydrogens (tertiary/aromatic N) is 1. The second-order valence-electron chi connectivity index (χ2n) is 9.17. The van der Waals surface area contributed by atoms with Crippen molar-refractivity contribution in [2.24, 2.45) is 0 Å². The zero-order chi connectivity index (χ0) is 27.1. The molecular formula is C30H24N2O6. The number of carboxylic acid groups (broad SMARTS) is 1. The number of hydrogen-bond donors (Lipinski definition) is 2. The Labute approximate surface area is 218 Å². The van der Waals surface area contributed by atoms with Crippen LogP contribution in [0.2, 0.25) is 0 Å². The van der Waals surface area contributed by atoms with Gasteiger partial charge in [0.2, 0.25) is 5.91 Å². The number of anilines is 1. The van der Waals surface area contributed by atoms with Crippen LogP contribution < -0.4 is 5.32 Å². The van der Waals surface area contributed by atoms with Gasteiger partial charge in [0, 0.05) is 28.8 Å². The van der Waals surface area contributed by atoms with Gasteiger partial charge in [-0.05, 0) is 53.9 Å². The Balaban J connectivity index is 1.73. The average molecular weight is 509 g/mol. The molecule has 1 aliphatic carbocycles. The van der Waals surface area contributed by atoms with E-state index >= 15 is 0 Å². The van der Waals surface area contributed by atoms with Gasteiger partial charge < -0.3 is 15.2 Å². The molecule has 8 nitrogen and oxygen atoms in total. The molecule has 1 amide bonds. The van der Waals surface area contributed by atoms with Gasteiger partial charge >= 0.3 is 11.9 Å². The van der Waals surface area contributed by atoms with Crippen molar-refractivity contribution in [3.8, 4) is 22.4 Å². The summed E-state index contributed by atoms with van der Waals surface area (Å²) in [6, 6.07) is 16.5. The van der Waals surface area contributed by atoms with Crippen molar-refractivity contribution < 1.29 is 29.0 Å². The standard InChI is InChI=1S/C30H24N2O6/c1-15-8-10-20(19-7-5-4-6-18(15)19)26-25(30(37)38-3)16(2)31-28-22-14-17(32-23(33)12-13-24(34)35)9-11-21(22)29(36)27(26)28/h4-11,14H,12-13H2,1-3H3,(H,32,33)(H,34,35). The normalized spacial score (nSPS) is 11.7. The predicted molar refractivity (Wildman–Crippen MR) is 142 cm³/mol. The third-order valence-electron chi connectivity index (χ3n) is 6.78. The first-order chi connectivity index (χ1) is 18.2. The van der Waals surface area contributed by atoms with Crippen molar-refractivity contribution in [2.45, 2.75) is 26.7 Å². The summed E-state index contributed by atoms with van der Waals surface area (Å²) in [6.07, 6.45) is -0.463. The number of carbonyl (C=O) groups excluding carboxylic acids is 3. The number of benzene rings is 3. The molecule has 4 aromatic rings. The van der Waals surface area contributed by atoms with Crippen LogP contribution in [0.25, 0.3) is 33.2 Å². The first kappa shape index (κ1) is 24.8. The number of aryl methyl sites for hydroxylation is 2. The van der Waals surface area contributed by atoms with Gasteiger partial charge in [0.15, 0.2) is 5.78 Å². The maximum atomic E-state index is 13.8. The highest BCUT2D eigenvalue weighted by molar-refractivity contribution is 6.27. The number of hydrogen-bond acceptors (Lipinski definition) is 6. The lowest BCUT2D eigenvalue weighted by Crippen LogP contribution is -2.13. The topological polar surface area (TPSA) is 123 Å². The summed E-state index contributed by atoms with van der Waals surface area (Å²) in [4.78, 5) is 54.5. The van der Waals surface area contributed by atoms with Gasteiger partial charge in [-0.1, -0.05) is 36.4 Å². The molecule has 0 unspecified atom stereocenters. The molecule has 1 aromatic heterocycles. The molecular weight excluding hydrogens is 484 g/mol. The van der Waals surface area contributed by atoms with Crippen LogP contribution in [0.15, 0.2) is 54.6 Å². The summed E-state index contributed by atoms with van der Waals surface area (Å²) < 4.78 is 5.11. The minimum absolute atomic E-state index is 0.174. The van der Waals surface area contributed by atoms with Crippen molar-refractivity contribution in [1.82, 2.24) is 4.98 Å². The number of methoxy groups -OCH3 is 1. The number of aromatic nitrogens is 1. The van der Waals surface area contributed by atoms with Crippen LogP contribution in [-0.4, -0.2) is 40.8 Å². The second kappa shape index (κ2) is 9.55. The minimum Gasteiger partial charge on any atom is -0.481 e. The molecule has 0 atom stereocenters. The van der Waals surface area contributed by atoms with Gasteiger partial charge in [-0.2, -0.15) is 0 Å². The Hall–Kier alpha value is -4.85. The lowest BCUT2D eigenvalue weighted by atomic mass is 9.88. The Morgan fingerprint density at radius 3 is 2.32 bits per heavy atom. The number of nitrogens with one attached hydrogen (secondary N) is 1. The molecule has 190 valence electrons. The molecule has 0 aliphatic heterocycles. The Kier molecular flexibility index (Phi) is 6.24. The fraction of sp³-hybridized carbons (Fsp3) is 0.167. The molecule has 3 aromatic carbocycles. The number of carboxylic acids is 1. The number of rotatable bonds is 6. The summed E-state index contributed by atoms with van der Waals surface area (Å²) >= 11 is 0. The number of esters is 1. The summed E-state index contributed by atoms with van der Waals surface area (Å²) in [5.41, 5.74) is 4.93. The molecule has 1 heterocycles. The molecule has 1 aliphatic rings. The van der Waals surface area contributed by atoms with E-state index in [2.05, 4.69) is 10.3 Å². The fourth-order valence-electron chi connectivity index (χ4n) is 5.00. The van der Waals surface area contributed by atoms with Crippen molar-refractivity contribution in [3.05, 3.63) is 82.5 Å². The van der Waals surface area contributed by atoms with Gasteiger partial charge in [0.25, 0.3) is 0 Å². The van der Waals surface area contributed by atoms with Crippen LogP contribution in [0.5, 0.6) is 0 Å². The van der Waals surface area contributed by atoms with E-state index in [1.165, 1.54) is 7.11 Å². The van der Waals surface area contributed by atoms with Gasteiger partial charge in [-0.15, -0.1) is 0 Å². The van der Waals surface area contributed by atoms with Crippen molar-refractivity contribution in [1.29, 1.82) is 0 Å². The molecule has 0 bridgehead atoms. The van der Waals surface area contributed by atoms with Crippen molar-refractivity contribution in [3.63, 3.8) is 0 Å². The fourth-order valence-corrected chi connectivity index (χ4v) is 5.00. The summed E-state index contributed by atoms with van der Waals surface area (Å²) in [5, 5.41) is 13.4. The quantitative estimate of drug-likeness (QED) is 0.298. The SMILES string of the molecule is COC(=O)c1c(C)nc2c(c1-c1ccc(C)c3ccccc13)C(=O)c1ccc(NC(=O)CCC(=O)O)cc1-2. The van der Waals surface area contributed by atoms with Gasteiger partial charge in [-0.3, -0.25) is 19.4 Å². The van der Waals surface area contributed by atoms with Crippen LogP contribution in [0, 0.1) is 13.8 Å². The van der Waals surface area contributed by atoms with E-state index in [0.29, 0.717) is 39.3 Å². The van der Waals surface area contributed by atoms with Gasteiger partial charge in [0.05, 0.1) is 36.0 Å². The molecule has 2 N–H and O–H groups in total. The molecule has 0 spiro atoms. The van der Waals surface area contributed by atoms with E-state index < -0.39 is 17.8 Å². The third kappa shape index (κ3) is 4.10. The predicted octanol–water partition coefficient (Wildman–Crippen LogP) is 5.32. The Morgan fingerprint density at radius 2 is 1.61 bits per heavy atom. The van der Waals surface area contributed by atoms with E-state index in [1.54, 1.807) is 25.1 Å². The molecule has 8 heteroatoms. The molecule has 0 saturated carbocycles. The van der Waals surface area contributed by atoms with Crippen molar-refractivity contribution in [2.75, 3.05) is 12.4 Å². The lowest BCUT2D eigenvalue weighted by molar-refractivity contribution is -0.138. The van der Waals surface area contributed by atoms with Crippen LogP contribution in [-0.2, 0) is 14.3 Å². The Bertz CT molecular complexity index is 1690. The van der Waals surface area contributed by atoms with Crippen LogP contribution in [0.1, 0.15) is 50.4 Å². The average Bonchev–Trinajstić information content (AvgIpc) is 3.17. The van der Waals surface area contributed by atoms with Crippen LogP contribution in [0.4, 0.5) is 5.69 Å². The summed E-state index contributed by atoms with van der Waals surface area (Å²) in [6.45, 7) is 3.70. The first-order valence-electron chi connectivity index (χ1n) is 12.0. The zero-order valence-corrected chi connectivity index (χ0v) is 21.0. The third-order valence-corrected chi connectivity index (χ3v) is 6.78. The maximum absolute atomic E-state index is 13.8. The minimum atomic E-state index is -1.06. The van der Waals surface area contributed by atoms with E-state index in [4.69, 9.17) is 9.84 Å². The summed E-state index contributed by atoms with van der Waals surface area (Å²) in [5.74, 6) is -2.39. The van der Waals surface area contributed by atoms with Crippen LogP contribution >= 0.6 is 0 Å². The van der Waals surface area contributed by atoms with Crippen LogP contribution in [0.3, 0.4) is 0 Å². The lowest BCUT2D eigenvalue weighted by Gasteiger charge is -2.17. The largest absolute Gasteiger partial charge is 0.481 e. The second-order valence-corrected chi connectivity index (χ2v) is 9.17. The number of fused-ring (bicyclic) bond motifs is 4. The molecule has 0 fully saturated rings. The molecule has 0 saturated heterocycles. The number of ketones is 1. The summed E-state index contributed by atoms with van der Waals surface area (Å²) in [7, 11) is 1.29. The number of amides is 1. The zero-order valence-electron chi connectivity index (χ0n) is 21.0. The van der Waals surface area contributed by atoms with Crippen molar-refractivity contribution >= 4 is 40.1 Å². The van der Waals surface area contributed by atoms with Gasteiger partial charge in [0.1, 0.15) is 0 Å². The molecule has 38 heavy (non-hydrogen) atoms.